The molecular weight excluding hydrogens is 2180 g/mol. The summed E-state index contributed by atoms with van der Waals surface area (Å²) < 4.78 is 58.8. The number of nitrogens with zero attached hydrogens (tertiary/aromatic N) is 8. The summed E-state index contributed by atoms with van der Waals surface area (Å²) in [6.45, 7) is 3.49. The average Bonchev–Trinajstić information content (AvgIpc) is 1.63. The minimum atomic E-state index is -4.55. The number of aromatic nitrogens is 3. The second kappa shape index (κ2) is 66.4. The van der Waals surface area contributed by atoms with Gasteiger partial charge in [-0.2, -0.15) is 0 Å². The normalized spacial score (nSPS) is 17.4. The maximum absolute atomic E-state index is 14.3. The van der Waals surface area contributed by atoms with Crippen molar-refractivity contribution < 1.29 is 191 Å². The minimum absolute atomic E-state index is 0. The van der Waals surface area contributed by atoms with E-state index < -0.39 is 159 Å². The van der Waals surface area contributed by atoms with Gasteiger partial charge in [-0.25, -0.2) is 14.3 Å². The fourth-order valence-corrected chi connectivity index (χ4v) is 18.1. The number of rotatable bonds is 67. The van der Waals surface area contributed by atoms with Crippen molar-refractivity contribution >= 4 is 136 Å². The molecule has 4 aliphatic heterocycles. The van der Waals surface area contributed by atoms with Crippen molar-refractivity contribution in [1.82, 2.24) is 61.2 Å². The van der Waals surface area contributed by atoms with Crippen LogP contribution in [0.3, 0.4) is 0 Å². The number of carbonyl (C=O) groups is 17. The molecule has 6 amide bonds. The average molecular weight is 2320 g/mol. The van der Waals surface area contributed by atoms with Crippen LogP contribution in [0.4, 0.5) is 5.69 Å². The number of hydrogen-bond donors (Lipinski definition) is 11. The van der Waals surface area contributed by atoms with Gasteiger partial charge in [-0.1, -0.05) is 66.2 Å². The van der Waals surface area contributed by atoms with Crippen molar-refractivity contribution in [3.05, 3.63) is 87.5 Å². The summed E-state index contributed by atoms with van der Waals surface area (Å²) in [5.74, 6) is -16.7. The molecule has 3 saturated heterocycles. The first kappa shape index (κ1) is 121. The van der Waals surface area contributed by atoms with Crippen LogP contribution in [0.5, 0.6) is 0 Å². The van der Waals surface area contributed by atoms with Gasteiger partial charge < -0.3 is 99.6 Å². The van der Waals surface area contributed by atoms with Crippen LogP contribution in [-0.4, -0.2) is 348 Å². The minimum Gasteiger partial charge on any atom is -0.481 e. The van der Waals surface area contributed by atoms with Gasteiger partial charge >= 0.3 is 61.8 Å². The van der Waals surface area contributed by atoms with Crippen molar-refractivity contribution in [2.45, 2.75) is 199 Å². The van der Waals surface area contributed by atoms with Crippen LogP contribution in [0.15, 0.2) is 72.8 Å². The molecule has 0 aliphatic carbocycles. The first-order valence-corrected chi connectivity index (χ1v) is 51.5. The predicted octanol–water partition coefficient (Wildman–Crippen LogP) is 4.79. The molecule has 5 heterocycles. The van der Waals surface area contributed by atoms with Crippen molar-refractivity contribution in [3.63, 3.8) is 0 Å². The Balaban J connectivity index is 0.0000281. The zero-order valence-corrected chi connectivity index (χ0v) is 85.5. The number of Topliss-reactive ketones (excluding diaryl/α,β-unsaturated/α-hetero) is 3. The van der Waals surface area contributed by atoms with Gasteiger partial charge in [0.15, 0.2) is 0 Å². The number of esters is 3. The maximum Gasteiger partial charge on any atom is 0.412 e. The number of anilines is 1. The molecule has 3 aromatic carbocycles. The number of hydrogen-bond acceptors (Lipinski definition) is 32. The first-order chi connectivity index (χ1) is 68.6. The van der Waals surface area contributed by atoms with Crippen LogP contribution < -0.4 is 31.5 Å². The molecule has 8 rings (SSSR count). The number of ether oxygens (including phenoxy) is 7. The van der Waals surface area contributed by atoms with Gasteiger partial charge in [0.05, 0.1) is 115 Å². The van der Waals surface area contributed by atoms with Gasteiger partial charge in [-0.15, -0.1) is 5.10 Å². The topological polar surface area (TPSA) is 610 Å². The zero-order valence-electron chi connectivity index (χ0n) is 80.8. The van der Waals surface area contributed by atoms with Crippen LogP contribution in [0, 0.1) is 58.2 Å². The van der Waals surface area contributed by atoms with Crippen molar-refractivity contribution in [3.8, 4) is 22.5 Å². The zero-order chi connectivity index (χ0) is 103. The summed E-state index contributed by atoms with van der Waals surface area (Å²) in [7, 11) is -4.55. The number of ketones is 3. The van der Waals surface area contributed by atoms with E-state index in [1.807, 2.05) is 97.1 Å². The summed E-state index contributed by atoms with van der Waals surface area (Å²) >= 11 is 2.22. The number of para-hydroxylation sites is 1. The van der Waals surface area contributed by atoms with E-state index >= 15 is 0 Å². The van der Waals surface area contributed by atoms with Crippen molar-refractivity contribution in [2.75, 3.05) is 169 Å². The van der Waals surface area contributed by atoms with Crippen LogP contribution in [-0.2, 0) is 143 Å². The number of aryl methyl sites for hydroxylation is 2. The van der Waals surface area contributed by atoms with E-state index in [1.54, 1.807) is 4.90 Å². The van der Waals surface area contributed by atoms with Crippen LogP contribution in [0.1, 0.15) is 172 Å². The van der Waals surface area contributed by atoms with E-state index in [-0.39, 0.29) is 236 Å². The summed E-state index contributed by atoms with van der Waals surface area (Å²) in [6, 6.07) is 20.3. The third-order valence-electron chi connectivity index (χ3n) is 24.3. The monoisotopic (exact) mass is 2310 g/mol. The van der Waals surface area contributed by atoms with Crippen molar-refractivity contribution in [1.29, 1.82) is 0 Å². The predicted molar refractivity (Wildman–Crippen MR) is 519 cm³/mol. The number of carboxylic acids is 5. The third kappa shape index (κ3) is 46.9. The Hall–Kier alpha value is -9.82. The summed E-state index contributed by atoms with van der Waals surface area (Å²) in [5, 5.41) is 70.6. The third-order valence-corrected chi connectivity index (χ3v) is 26.5. The Kier molecular flexibility index (Phi) is 55.9. The molecule has 0 spiro atoms. The number of amides is 6. The number of unbranched alkanes of at least 4 members (excludes halogenated alkanes) is 3. The molecule has 1 aromatic heterocycles. The molecule has 11 N–H and O–H groups in total. The van der Waals surface area contributed by atoms with E-state index in [0.717, 1.165) is 32.4 Å². The second-order valence-corrected chi connectivity index (χ2v) is 38.6. The molecule has 8 atom stereocenters. The Morgan fingerprint density at radius 1 is 0.458 bits per heavy atom. The Labute approximate surface area is 877 Å². The molecule has 6 unspecified atom stereocenters. The summed E-state index contributed by atoms with van der Waals surface area (Å²) in [6.07, 6.45) is 0.0568. The Morgan fingerprint density at radius 3 is 1.59 bits per heavy atom. The van der Waals surface area contributed by atoms with Gasteiger partial charge in [0, 0.05) is 213 Å². The number of carboxylic acid groups (broad SMARTS) is 5. The number of fused-ring (bicyclic) bond motifs is 12. The van der Waals surface area contributed by atoms with Crippen LogP contribution in [0.25, 0.3) is 22.5 Å². The molecular formula is C96H135ILuN13O32P. The molecule has 4 aliphatic rings. The molecule has 45 nitrogen and oxygen atoms in total. The summed E-state index contributed by atoms with van der Waals surface area (Å²) in [4.78, 5) is 237. The quantitative estimate of drug-likeness (QED) is 0.0122. The molecule has 4 aromatic rings. The molecule has 3 fully saturated rings. The number of halogens is 1. The first-order valence-electron chi connectivity index (χ1n) is 48.6. The smallest absolute Gasteiger partial charge is 0.412 e. The SMILES string of the molecule is O=C(O)CCC(CP(=O)(O)OCCC[C@H](NC(=O)CC[C@H](CC(=O)CCCCCNC(=O)CCC(CC(=O)CCOCCOCCOCCOCCCC(=O)CCC(=O)N1Cc2ccccc2-c2c(nnn2CCCNC(=O)CN2CCN3CCN4CCN(CC2)CC(=O)OC(OC(=O)C3)OC(=O)C4)-c2ccccc21)C(=O)NC(CCCCNC(=O)CCCc1ccc(I)cc1)C(=O)O)C(=O)O)C(=O)O)C(=O)O.[Lu]. The number of aliphatic carboxylic acids is 5. The summed E-state index contributed by atoms with van der Waals surface area (Å²) in [5.41, 5.74) is 5.37. The van der Waals surface area contributed by atoms with Gasteiger partial charge in [-0.3, -0.25) is 96.1 Å². The Bertz CT molecular complexity index is 4910. The molecule has 144 heavy (non-hydrogen) atoms. The molecule has 803 valence electrons. The van der Waals surface area contributed by atoms with Gasteiger partial charge in [0.25, 0.3) is 0 Å². The largest absolute Gasteiger partial charge is 0.481 e. The standard InChI is InChI=1S/C96H135IN13O32P.Lu/c97-71-29-24-66(25-30-71)14-10-23-80(114)98-38-9-7-20-78(95(131)132)102-91(124)67(26-32-81(115)99-37-8-1-2-16-73(112)59-68(92(125)126)27-33-82(116)101-77(94(129)130)21-12-50-139-143(133,134)65-70(93(127)128)28-35-85(119)120)58-74(113)36-51-136-53-55-138-57-56-137-54-52-135-49-11-17-72(111)31-34-84(118)109-60-69-15-3-4-18-75(69)90-89(76-19-5-6-22-79(76)109)103-104-110(90)40-13-39-100-83(117)61-105-41-43-106-45-47-108-48-46-107(44-42-105)63-87(122)141-96(140-86(121)62-106)142-88(123)64-108;/h3-6,15,18-19,22,24-25,29-30,67-68,70,77-78,96H,1-2,7-14,16-17,20-21,23,26-28,31-65H2,(H,98,114)(H,99,115)(H,100,117)(H,101,116)(H,102,124)(H,119,120)(H,125,126)(H,127,128)(H,129,130)(H,131,132)(H,133,134);/t67?,68-,70?,77+,78?;/m1./s1. The Morgan fingerprint density at radius 2 is 0.972 bits per heavy atom. The second-order valence-electron chi connectivity index (χ2n) is 35.5. The molecule has 4 bridgehead atoms. The van der Waals surface area contributed by atoms with E-state index in [2.05, 4.69) is 59.5 Å². The molecule has 48 heteroatoms. The molecule has 1 radical (unpaired) electrons. The van der Waals surface area contributed by atoms with Gasteiger partial charge in [0.2, 0.25) is 35.4 Å². The molecule has 0 saturated carbocycles. The van der Waals surface area contributed by atoms with Crippen LogP contribution >= 0.6 is 30.2 Å². The van der Waals surface area contributed by atoms with Crippen LogP contribution in [0.2, 0.25) is 0 Å². The van der Waals surface area contributed by atoms with E-state index in [1.165, 1.54) is 0 Å². The number of carbonyl (C=O) groups excluding carboxylic acids is 12. The van der Waals surface area contributed by atoms with Gasteiger partial charge in [-0.05, 0) is 142 Å². The van der Waals surface area contributed by atoms with Gasteiger partial charge in [0.1, 0.15) is 35.1 Å². The van der Waals surface area contributed by atoms with Crippen molar-refractivity contribution in [2.24, 2.45) is 17.8 Å². The maximum atomic E-state index is 14.3. The fraction of sp³-hybridized carbons (Fsp3) is 0.615. The number of benzene rings is 3. The fourth-order valence-electron chi connectivity index (χ4n) is 16.3. The number of nitrogens with one attached hydrogen (secondary N) is 5. The van der Waals surface area contributed by atoms with E-state index in [0.29, 0.717) is 140 Å². The van der Waals surface area contributed by atoms with E-state index in [4.69, 9.17) is 42.8 Å². The van der Waals surface area contributed by atoms with E-state index in [9.17, 15) is 111 Å².